The van der Waals surface area contributed by atoms with Crippen LogP contribution in [0.15, 0.2) is 24.3 Å². The summed E-state index contributed by atoms with van der Waals surface area (Å²) in [5, 5.41) is 2.91. The number of anilines is 1. The molecule has 1 amide bonds. The number of likely N-dealkylation sites (tertiary alicyclic amines) is 1. The van der Waals surface area contributed by atoms with Crippen LogP contribution in [0.2, 0.25) is 0 Å². The van der Waals surface area contributed by atoms with E-state index in [-0.39, 0.29) is 17.8 Å². The third kappa shape index (κ3) is 4.84. The lowest BCUT2D eigenvalue weighted by Crippen LogP contribution is -2.41. The lowest BCUT2D eigenvalue weighted by Gasteiger charge is -2.30. The van der Waals surface area contributed by atoms with Crippen molar-refractivity contribution in [1.82, 2.24) is 4.90 Å². The first-order valence-electron chi connectivity index (χ1n) is 7.84. The number of rotatable bonds is 5. The van der Waals surface area contributed by atoms with E-state index in [4.69, 9.17) is 4.74 Å². The van der Waals surface area contributed by atoms with E-state index >= 15 is 0 Å². The molecule has 0 bridgehead atoms. The molecule has 5 heteroatoms. The van der Waals surface area contributed by atoms with Gasteiger partial charge in [-0.3, -0.25) is 14.5 Å². The average molecular weight is 304 g/mol. The average Bonchev–Trinajstić information content (AvgIpc) is 2.48. The summed E-state index contributed by atoms with van der Waals surface area (Å²) in [4.78, 5) is 25.8. The highest BCUT2D eigenvalue weighted by Crippen LogP contribution is 2.18. The predicted octanol–water partition coefficient (Wildman–Crippen LogP) is 2.21. The zero-order valence-corrected chi connectivity index (χ0v) is 13.3. The molecule has 1 aliphatic rings. The van der Waals surface area contributed by atoms with Gasteiger partial charge in [-0.1, -0.05) is 12.1 Å². The van der Waals surface area contributed by atoms with Gasteiger partial charge in [0.05, 0.1) is 19.1 Å². The number of nitrogens with zero attached hydrogens (tertiary/aromatic N) is 1. The molecule has 1 fully saturated rings. The molecular formula is C17H24N2O3. The molecule has 0 unspecified atom stereocenters. The summed E-state index contributed by atoms with van der Waals surface area (Å²) in [5.41, 5.74) is 1.94. The van der Waals surface area contributed by atoms with Crippen LogP contribution in [0, 0.1) is 12.8 Å². The summed E-state index contributed by atoms with van der Waals surface area (Å²) < 4.78 is 5.05. The SMILES string of the molecule is CCOC(=O)C1CCN(CC(=O)Nc2cccc(C)c2)CC1. The zero-order valence-electron chi connectivity index (χ0n) is 13.3. The van der Waals surface area contributed by atoms with Crippen molar-refractivity contribution in [2.45, 2.75) is 26.7 Å². The van der Waals surface area contributed by atoms with E-state index in [1.54, 1.807) is 0 Å². The summed E-state index contributed by atoms with van der Waals surface area (Å²) in [6.07, 6.45) is 1.52. The molecule has 0 atom stereocenters. The topological polar surface area (TPSA) is 58.6 Å². The van der Waals surface area contributed by atoms with Gasteiger partial charge in [-0.05, 0) is 57.5 Å². The minimum atomic E-state index is -0.105. The number of piperidine rings is 1. The first-order chi connectivity index (χ1) is 10.6. The Hall–Kier alpha value is -1.88. The highest BCUT2D eigenvalue weighted by atomic mass is 16.5. The molecule has 1 saturated heterocycles. The minimum Gasteiger partial charge on any atom is -0.466 e. The molecule has 1 aromatic rings. The second-order valence-electron chi connectivity index (χ2n) is 5.72. The molecule has 120 valence electrons. The van der Waals surface area contributed by atoms with E-state index < -0.39 is 0 Å². The van der Waals surface area contributed by atoms with E-state index in [0.29, 0.717) is 13.2 Å². The largest absolute Gasteiger partial charge is 0.466 e. The number of hydrogen-bond donors (Lipinski definition) is 1. The predicted molar refractivity (Wildman–Crippen MR) is 85.6 cm³/mol. The van der Waals surface area contributed by atoms with Crippen molar-refractivity contribution in [2.75, 3.05) is 31.6 Å². The van der Waals surface area contributed by atoms with Crippen LogP contribution < -0.4 is 5.32 Å². The third-order valence-electron chi connectivity index (χ3n) is 3.88. The maximum atomic E-state index is 12.1. The highest BCUT2D eigenvalue weighted by molar-refractivity contribution is 5.92. The van der Waals surface area contributed by atoms with Crippen molar-refractivity contribution in [3.05, 3.63) is 29.8 Å². The van der Waals surface area contributed by atoms with Crippen LogP contribution in [0.5, 0.6) is 0 Å². The number of hydrogen-bond acceptors (Lipinski definition) is 4. The van der Waals surface area contributed by atoms with Crippen LogP contribution in [-0.2, 0) is 14.3 Å². The summed E-state index contributed by atoms with van der Waals surface area (Å²) in [5.74, 6) is -0.136. The van der Waals surface area contributed by atoms with Gasteiger partial charge in [0.15, 0.2) is 0 Å². The van der Waals surface area contributed by atoms with Gasteiger partial charge in [-0.15, -0.1) is 0 Å². The van der Waals surface area contributed by atoms with Crippen molar-refractivity contribution in [2.24, 2.45) is 5.92 Å². The summed E-state index contributed by atoms with van der Waals surface area (Å²) >= 11 is 0. The second-order valence-corrected chi connectivity index (χ2v) is 5.72. The van der Waals surface area contributed by atoms with Crippen molar-refractivity contribution in [3.63, 3.8) is 0 Å². The first-order valence-corrected chi connectivity index (χ1v) is 7.84. The van der Waals surface area contributed by atoms with Crippen LogP contribution in [0.4, 0.5) is 5.69 Å². The van der Waals surface area contributed by atoms with E-state index in [9.17, 15) is 9.59 Å². The Labute approximate surface area is 131 Å². The molecular weight excluding hydrogens is 280 g/mol. The molecule has 0 aliphatic carbocycles. The maximum absolute atomic E-state index is 12.1. The van der Waals surface area contributed by atoms with Crippen LogP contribution in [0.25, 0.3) is 0 Å². The fraction of sp³-hybridized carbons (Fsp3) is 0.529. The fourth-order valence-electron chi connectivity index (χ4n) is 2.71. The fourth-order valence-corrected chi connectivity index (χ4v) is 2.71. The number of carbonyl (C=O) groups is 2. The molecule has 1 aromatic carbocycles. The van der Waals surface area contributed by atoms with Crippen molar-refractivity contribution < 1.29 is 14.3 Å². The molecule has 0 spiro atoms. The Bertz CT molecular complexity index is 522. The quantitative estimate of drug-likeness (QED) is 0.847. The summed E-state index contributed by atoms with van der Waals surface area (Å²) in [6.45, 7) is 6.12. The monoisotopic (exact) mass is 304 g/mol. The van der Waals surface area contributed by atoms with E-state index in [1.807, 2.05) is 38.1 Å². The Kier molecular flexibility index (Phi) is 5.95. The molecule has 1 heterocycles. The lowest BCUT2D eigenvalue weighted by atomic mass is 9.97. The van der Waals surface area contributed by atoms with Gasteiger partial charge >= 0.3 is 5.97 Å². The second kappa shape index (κ2) is 7.94. The van der Waals surface area contributed by atoms with E-state index in [2.05, 4.69) is 10.2 Å². The Morgan fingerprint density at radius 1 is 1.32 bits per heavy atom. The van der Waals surface area contributed by atoms with Gasteiger partial charge in [0.1, 0.15) is 0 Å². The molecule has 22 heavy (non-hydrogen) atoms. The number of amides is 1. The Morgan fingerprint density at radius 2 is 2.05 bits per heavy atom. The van der Waals surface area contributed by atoms with Gasteiger partial charge in [0, 0.05) is 5.69 Å². The highest BCUT2D eigenvalue weighted by Gasteiger charge is 2.26. The molecule has 0 saturated carbocycles. The molecule has 2 rings (SSSR count). The summed E-state index contributed by atoms with van der Waals surface area (Å²) in [7, 11) is 0. The number of esters is 1. The third-order valence-corrected chi connectivity index (χ3v) is 3.88. The van der Waals surface area contributed by atoms with Gasteiger partial charge in [0.2, 0.25) is 5.91 Å². The number of benzene rings is 1. The molecule has 1 aliphatic heterocycles. The van der Waals surface area contributed by atoms with Crippen LogP contribution in [0.1, 0.15) is 25.3 Å². The Morgan fingerprint density at radius 3 is 2.68 bits per heavy atom. The van der Waals surface area contributed by atoms with Gasteiger partial charge in [-0.25, -0.2) is 0 Å². The number of carbonyl (C=O) groups excluding carboxylic acids is 2. The molecule has 0 radical (unpaired) electrons. The van der Waals surface area contributed by atoms with E-state index in [0.717, 1.165) is 37.2 Å². The van der Waals surface area contributed by atoms with Gasteiger partial charge in [0.25, 0.3) is 0 Å². The van der Waals surface area contributed by atoms with Crippen LogP contribution >= 0.6 is 0 Å². The zero-order chi connectivity index (χ0) is 15.9. The minimum absolute atomic E-state index is 0.0137. The molecule has 5 nitrogen and oxygen atoms in total. The van der Waals surface area contributed by atoms with Gasteiger partial charge < -0.3 is 10.1 Å². The summed E-state index contributed by atoms with van der Waals surface area (Å²) in [6, 6.07) is 7.76. The van der Waals surface area contributed by atoms with Crippen molar-refractivity contribution >= 4 is 17.6 Å². The van der Waals surface area contributed by atoms with Crippen LogP contribution in [0.3, 0.4) is 0 Å². The Balaban J connectivity index is 1.76. The molecule has 0 aromatic heterocycles. The standard InChI is InChI=1S/C17H24N2O3/c1-3-22-17(21)14-7-9-19(10-8-14)12-16(20)18-15-6-4-5-13(2)11-15/h4-6,11,14H,3,7-10,12H2,1-2H3,(H,18,20). The van der Waals surface area contributed by atoms with Crippen molar-refractivity contribution in [3.8, 4) is 0 Å². The van der Waals surface area contributed by atoms with Gasteiger partial charge in [-0.2, -0.15) is 0 Å². The normalized spacial score (nSPS) is 16.3. The lowest BCUT2D eigenvalue weighted by molar-refractivity contribution is -0.149. The maximum Gasteiger partial charge on any atom is 0.309 e. The number of ether oxygens (including phenoxy) is 1. The molecule has 1 N–H and O–H groups in total. The first kappa shape index (κ1) is 16.5. The van der Waals surface area contributed by atoms with Crippen molar-refractivity contribution in [1.29, 1.82) is 0 Å². The number of nitrogens with one attached hydrogen (secondary N) is 1. The van der Waals surface area contributed by atoms with Crippen LogP contribution in [-0.4, -0.2) is 43.0 Å². The number of aryl methyl sites for hydroxylation is 1. The van der Waals surface area contributed by atoms with E-state index in [1.165, 1.54) is 0 Å². The smallest absolute Gasteiger partial charge is 0.309 e.